The van der Waals surface area contributed by atoms with Crippen LogP contribution >= 0.6 is 0 Å². The minimum absolute atomic E-state index is 0.616. The van der Waals surface area contributed by atoms with Gasteiger partial charge in [0.25, 0.3) is 0 Å². The molecule has 1 saturated heterocycles. The maximum atomic E-state index is 12.9. The Balaban J connectivity index is 1.41. The van der Waals surface area contributed by atoms with Crippen LogP contribution in [0, 0.1) is 0 Å². The first-order valence-electron chi connectivity index (χ1n) is 10.6. The third-order valence-electron chi connectivity index (χ3n) is 5.93. The van der Waals surface area contributed by atoms with Gasteiger partial charge in [0.05, 0.1) is 22.5 Å². The summed E-state index contributed by atoms with van der Waals surface area (Å²) in [5.74, 6) is 0. The second-order valence-corrected chi connectivity index (χ2v) is 7.93. The highest BCUT2D eigenvalue weighted by Gasteiger charge is 2.30. The van der Waals surface area contributed by atoms with Crippen molar-refractivity contribution in [3.8, 4) is 11.3 Å². The summed E-state index contributed by atoms with van der Waals surface area (Å²) in [6.45, 7) is 2.99. The van der Waals surface area contributed by atoms with E-state index in [1.54, 1.807) is 12.1 Å². The number of anilines is 2. The molecule has 0 radical (unpaired) electrons. The van der Waals surface area contributed by atoms with Crippen molar-refractivity contribution in [3.05, 3.63) is 90.5 Å². The van der Waals surface area contributed by atoms with Gasteiger partial charge in [0.1, 0.15) is 0 Å². The Kier molecular flexibility index (Phi) is 5.21. The van der Waals surface area contributed by atoms with Crippen molar-refractivity contribution in [2.24, 2.45) is 0 Å². The average molecular weight is 433 g/mol. The molecule has 1 fully saturated rings. The summed E-state index contributed by atoms with van der Waals surface area (Å²) in [7, 11) is 0. The molecule has 1 aliphatic rings. The second kappa shape index (κ2) is 8.19. The van der Waals surface area contributed by atoms with Gasteiger partial charge in [-0.1, -0.05) is 48.5 Å². The molecule has 162 valence electrons. The van der Waals surface area contributed by atoms with E-state index in [4.69, 9.17) is 4.98 Å². The third-order valence-corrected chi connectivity index (χ3v) is 5.93. The average Bonchev–Trinajstić information content (AvgIpc) is 2.83. The molecule has 1 aliphatic heterocycles. The van der Waals surface area contributed by atoms with Crippen molar-refractivity contribution in [1.29, 1.82) is 0 Å². The van der Waals surface area contributed by atoms with E-state index in [0.717, 1.165) is 71.8 Å². The van der Waals surface area contributed by atoms with Crippen LogP contribution < -0.4 is 9.80 Å². The Bertz CT molecular complexity index is 1210. The highest BCUT2D eigenvalue weighted by Crippen LogP contribution is 2.34. The molecule has 3 aromatic carbocycles. The topological polar surface area (TPSA) is 19.4 Å². The largest absolute Gasteiger partial charge is 0.416 e. The van der Waals surface area contributed by atoms with Gasteiger partial charge in [-0.15, -0.1) is 0 Å². The molecule has 5 rings (SSSR count). The smallest absolute Gasteiger partial charge is 0.368 e. The lowest BCUT2D eigenvalue weighted by Gasteiger charge is -2.38. The summed E-state index contributed by atoms with van der Waals surface area (Å²) < 4.78 is 38.6. The van der Waals surface area contributed by atoms with Crippen LogP contribution in [0.3, 0.4) is 0 Å². The fourth-order valence-electron chi connectivity index (χ4n) is 4.22. The first kappa shape index (κ1) is 20.4. The SMILES string of the molecule is FC(F)(F)c1ccc(N2CCN(c3cc4ccccc4nc3-c3ccccc3)CC2)cc1. The normalized spacial score (nSPS) is 14.7. The van der Waals surface area contributed by atoms with Gasteiger partial charge in [0, 0.05) is 42.8 Å². The van der Waals surface area contributed by atoms with E-state index in [2.05, 4.69) is 34.1 Å². The molecule has 0 N–H and O–H groups in total. The van der Waals surface area contributed by atoms with Gasteiger partial charge < -0.3 is 9.80 Å². The van der Waals surface area contributed by atoms with Crippen molar-refractivity contribution in [3.63, 3.8) is 0 Å². The number of alkyl halides is 3. The highest BCUT2D eigenvalue weighted by atomic mass is 19.4. The summed E-state index contributed by atoms with van der Waals surface area (Å²) in [4.78, 5) is 9.42. The van der Waals surface area contributed by atoms with Crippen LogP contribution in [0.15, 0.2) is 84.9 Å². The van der Waals surface area contributed by atoms with Crippen LogP contribution in [0.4, 0.5) is 24.5 Å². The molecule has 6 heteroatoms. The van der Waals surface area contributed by atoms with E-state index in [1.165, 1.54) is 0 Å². The summed E-state index contributed by atoms with van der Waals surface area (Å²) in [5.41, 5.74) is 4.26. The number of halogens is 3. The van der Waals surface area contributed by atoms with Crippen LogP contribution in [-0.4, -0.2) is 31.2 Å². The number of hydrogen-bond acceptors (Lipinski definition) is 3. The van der Waals surface area contributed by atoms with Gasteiger partial charge in [0.15, 0.2) is 0 Å². The first-order valence-corrected chi connectivity index (χ1v) is 10.6. The highest BCUT2D eigenvalue weighted by molar-refractivity contribution is 5.89. The zero-order valence-corrected chi connectivity index (χ0v) is 17.4. The Morgan fingerprint density at radius 3 is 2.00 bits per heavy atom. The molecule has 0 saturated carbocycles. The van der Waals surface area contributed by atoms with E-state index in [1.807, 2.05) is 36.4 Å². The van der Waals surface area contributed by atoms with Crippen LogP contribution in [0.25, 0.3) is 22.2 Å². The molecule has 32 heavy (non-hydrogen) atoms. The van der Waals surface area contributed by atoms with E-state index >= 15 is 0 Å². The fraction of sp³-hybridized carbons (Fsp3) is 0.192. The van der Waals surface area contributed by atoms with Gasteiger partial charge in [0.2, 0.25) is 0 Å². The summed E-state index contributed by atoms with van der Waals surface area (Å²) in [5, 5.41) is 1.09. The van der Waals surface area contributed by atoms with Crippen molar-refractivity contribution >= 4 is 22.3 Å². The summed E-state index contributed by atoms with van der Waals surface area (Å²) >= 11 is 0. The Hall–Kier alpha value is -3.54. The predicted molar refractivity (Wildman–Crippen MR) is 123 cm³/mol. The first-order chi connectivity index (χ1) is 15.5. The molecule has 2 heterocycles. The van der Waals surface area contributed by atoms with Gasteiger partial charge >= 0.3 is 6.18 Å². The van der Waals surface area contributed by atoms with Crippen molar-refractivity contribution in [2.75, 3.05) is 36.0 Å². The molecule has 0 unspecified atom stereocenters. The van der Waals surface area contributed by atoms with Crippen LogP contribution in [0.1, 0.15) is 5.56 Å². The van der Waals surface area contributed by atoms with E-state index in [-0.39, 0.29) is 0 Å². The van der Waals surface area contributed by atoms with Crippen LogP contribution in [0.5, 0.6) is 0 Å². The van der Waals surface area contributed by atoms with E-state index < -0.39 is 11.7 Å². The third kappa shape index (κ3) is 4.00. The van der Waals surface area contributed by atoms with Gasteiger partial charge in [-0.2, -0.15) is 13.2 Å². The Morgan fingerprint density at radius 1 is 0.688 bits per heavy atom. The number of fused-ring (bicyclic) bond motifs is 1. The molecule has 3 nitrogen and oxygen atoms in total. The predicted octanol–water partition coefficient (Wildman–Crippen LogP) is 6.25. The van der Waals surface area contributed by atoms with E-state index in [0.29, 0.717) is 0 Å². The van der Waals surface area contributed by atoms with Gasteiger partial charge in [-0.25, -0.2) is 4.98 Å². The van der Waals surface area contributed by atoms with Crippen molar-refractivity contribution in [1.82, 2.24) is 4.98 Å². The minimum atomic E-state index is -4.31. The lowest BCUT2D eigenvalue weighted by atomic mass is 10.1. The molecule has 0 spiro atoms. The monoisotopic (exact) mass is 433 g/mol. The van der Waals surface area contributed by atoms with Crippen molar-refractivity contribution in [2.45, 2.75) is 6.18 Å². The number of para-hydroxylation sites is 1. The van der Waals surface area contributed by atoms with Crippen LogP contribution in [-0.2, 0) is 6.18 Å². The van der Waals surface area contributed by atoms with Gasteiger partial charge in [-0.3, -0.25) is 0 Å². The molecule has 4 aromatic rings. The number of aromatic nitrogens is 1. The molecule has 0 aliphatic carbocycles. The standard InChI is InChI=1S/C26H22F3N3/c27-26(28,29)21-10-12-22(13-11-21)31-14-16-32(17-15-31)24-18-20-8-4-5-9-23(20)30-25(24)19-6-2-1-3-7-19/h1-13,18H,14-17H2. The molecule has 0 atom stereocenters. The van der Waals surface area contributed by atoms with Gasteiger partial charge in [-0.05, 0) is 36.4 Å². The number of rotatable bonds is 3. The summed E-state index contributed by atoms with van der Waals surface area (Å²) in [6, 6.07) is 25.9. The molecule has 0 bridgehead atoms. The maximum Gasteiger partial charge on any atom is 0.416 e. The lowest BCUT2D eigenvalue weighted by molar-refractivity contribution is -0.137. The number of piperazine rings is 1. The van der Waals surface area contributed by atoms with E-state index in [9.17, 15) is 13.2 Å². The zero-order valence-electron chi connectivity index (χ0n) is 17.4. The van der Waals surface area contributed by atoms with Crippen molar-refractivity contribution < 1.29 is 13.2 Å². The maximum absolute atomic E-state index is 12.9. The molecular weight excluding hydrogens is 411 g/mol. The summed E-state index contributed by atoms with van der Waals surface area (Å²) in [6.07, 6.45) is -4.31. The number of benzene rings is 3. The molecular formula is C26H22F3N3. The fourth-order valence-corrected chi connectivity index (χ4v) is 4.22. The zero-order chi connectivity index (χ0) is 22.1. The Morgan fingerprint density at radius 2 is 1.31 bits per heavy atom. The number of nitrogens with zero attached hydrogens (tertiary/aromatic N) is 3. The molecule has 0 amide bonds. The Labute approximate surface area is 184 Å². The molecule has 1 aromatic heterocycles. The van der Waals surface area contributed by atoms with Crippen LogP contribution in [0.2, 0.25) is 0 Å². The number of hydrogen-bond donors (Lipinski definition) is 0. The second-order valence-electron chi connectivity index (χ2n) is 7.93. The quantitative estimate of drug-likeness (QED) is 0.381. The number of pyridine rings is 1. The lowest BCUT2D eigenvalue weighted by Crippen LogP contribution is -2.46. The minimum Gasteiger partial charge on any atom is -0.368 e.